The fraction of sp³-hybridized carbons (Fsp3) is 0.182. The van der Waals surface area contributed by atoms with E-state index in [1.54, 1.807) is 7.11 Å². The Labute approximate surface area is 167 Å². The van der Waals surface area contributed by atoms with Crippen LogP contribution in [0.25, 0.3) is 21.5 Å². The lowest BCUT2D eigenvalue weighted by atomic mass is 10.1. The molecule has 0 aliphatic carbocycles. The smallest absolute Gasteiger partial charge is 0.306 e. The molecule has 0 aliphatic heterocycles. The summed E-state index contributed by atoms with van der Waals surface area (Å²) < 4.78 is 10.7. The highest BCUT2D eigenvalue weighted by atomic mass is 32.1. The molecule has 1 N–H and O–H groups in total. The van der Waals surface area contributed by atoms with Crippen molar-refractivity contribution >= 4 is 28.2 Å². The van der Waals surface area contributed by atoms with E-state index >= 15 is 0 Å². The van der Waals surface area contributed by atoms with Gasteiger partial charge in [0.1, 0.15) is 17.4 Å². The van der Waals surface area contributed by atoms with Gasteiger partial charge in [-0.2, -0.15) is 0 Å². The summed E-state index contributed by atoms with van der Waals surface area (Å²) in [4.78, 5) is 19.9. The van der Waals surface area contributed by atoms with Gasteiger partial charge in [-0.1, -0.05) is 30.3 Å². The van der Waals surface area contributed by atoms with Gasteiger partial charge in [0.2, 0.25) is 0 Å². The van der Waals surface area contributed by atoms with E-state index in [9.17, 15) is 4.79 Å². The molecule has 4 aromatic rings. The lowest BCUT2D eigenvalue weighted by molar-refractivity contribution is -0.145. The lowest BCUT2D eigenvalue weighted by Crippen LogP contribution is -2.06. The van der Waals surface area contributed by atoms with E-state index in [2.05, 4.69) is 16.0 Å². The summed E-state index contributed by atoms with van der Waals surface area (Å²) in [6.07, 6.45) is 2.95. The fourth-order valence-corrected chi connectivity index (χ4v) is 3.87. The molecule has 0 saturated heterocycles. The molecule has 2 heterocycles. The Morgan fingerprint density at radius 2 is 2.07 bits per heavy atom. The van der Waals surface area contributed by atoms with Crippen molar-refractivity contribution in [2.24, 2.45) is 0 Å². The minimum absolute atomic E-state index is 0.188. The second kappa shape index (κ2) is 8.27. The van der Waals surface area contributed by atoms with Crippen LogP contribution >= 0.6 is 11.3 Å². The Hall–Kier alpha value is -3.12. The molecular weight excluding hydrogens is 372 g/mol. The molecule has 2 aromatic carbocycles. The maximum atomic E-state index is 12.1. The van der Waals surface area contributed by atoms with E-state index < -0.39 is 0 Å². The van der Waals surface area contributed by atoms with Crippen LogP contribution in [0.5, 0.6) is 5.75 Å². The van der Waals surface area contributed by atoms with E-state index in [-0.39, 0.29) is 12.6 Å². The number of fused-ring (bicyclic) bond motifs is 1. The normalized spacial score (nSPS) is 10.9. The zero-order valence-corrected chi connectivity index (χ0v) is 16.3. The second-order valence-corrected chi connectivity index (χ2v) is 7.25. The first-order valence-corrected chi connectivity index (χ1v) is 9.90. The zero-order chi connectivity index (χ0) is 19.3. The van der Waals surface area contributed by atoms with E-state index in [1.165, 1.54) is 11.3 Å². The number of nitrogens with one attached hydrogen (secondary N) is 1. The number of aryl methyl sites for hydroxylation is 1. The van der Waals surface area contributed by atoms with Crippen LogP contribution in [0.1, 0.15) is 17.7 Å². The van der Waals surface area contributed by atoms with Gasteiger partial charge >= 0.3 is 5.97 Å². The highest BCUT2D eigenvalue weighted by Gasteiger charge is 2.10. The molecule has 28 heavy (non-hydrogen) atoms. The Kier molecular flexibility index (Phi) is 5.39. The SMILES string of the molecule is COc1cccc(-c2nc(COC(=O)CCc3c[nH]c4ccccc34)cs2)c1. The molecule has 4 rings (SSSR count). The highest BCUT2D eigenvalue weighted by Crippen LogP contribution is 2.27. The van der Waals surface area contributed by atoms with Gasteiger partial charge in [-0.15, -0.1) is 11.3 Å². The first-order valence-electron chi connectivity index (χ1n) is 9.02. The van der Waals surface area contributed by atoms with Gasteiger partial charge in [-0.05, 0) is 30.2 Å². The fourth-order valence-electron chi connectivity index (χ4n) is 3.06. The maximum Gasteiger partial charge on any atom is 0.306 e. The third kappa shape index (κ3) is 4.07. The predicted octanol–water partition coefficient (Wildman–Crippen LogP) is 4.98. The Morgan fingerprint density at radius 1 is 1.18 bits per heavy atom. The first-order chi connectivity index (χ1) is 13.7. The molecule has 142 valence electrons. The minimum atomic E-state index is -0.221. The number of aromatic amines is 1. The molecule has 6 heteroatoms. The maximum absolute atomic E-state index is 12.1. The van der Waals surface area contributed by atoms with Crippen molar-refractivity contribution in [1.82, 2.24) is 9.97 Å². The Morgan fingerprint density at radius 3 is 2.96 bits per heavy atom. The number of aromatic nitrogens is 2. The second-order valence-electron chi connectivity index (χ2n) is 6.40. The van der Waals surface area contributed by atoms with Crippen LogP contribution in [-0.2, 0) is 22.6 Å². The molecule has 0 bridgehead atoms. The van der Waals surface area contributed by atoms with Gasteiger partial charge in [0, 0.05) is 34.5 Å². The zero-order valence-electron chi connectivity index (χ0n) is 15.5. The Bertz CT molecular complexity index is 1100. The molecule has 0 saturated carbocycles. The summed E-state index contributed by atoms with van der Waals surface area (Å²) in [6.45, 7) is 0.188. The number of rotatable bonds is 7. The van der Waals surface area contributed by atoms with E-state index in [4.69, 9.17) is 9.47 Å². The molecular formula is C22H20N2O3S. The number of nitrogens with zero attached hydrogens (tertiary/aromatic N) is 1. The van der Waals surface area contributed by atoms with Crippen molar-refractivity contribution < 1.29 is 14.3 Å². The topological polar surface area (TPSA) is 64.2 Å². The number of ether oxygens (including phenoxy) is 2. The average molecular weight is 392 g/mol. The van der Waals surface area contributed by atoms with Crippen molar-refractivity contribution in [2.45, 2.75) is 19.4 Å². The van der Waals surface area contributed by atoms with E-state index in [0.717, 1.165) is 38.5 Å². The van der Waals surface area contributed by atoms with Crippen molar-refractivity contribution in [3.05, 3.63) is 71.4 Å². The number of methoxy groups -OCH3 is 1. The average Bonchev–Trinajstić information content (AvgIpc) is 3.38. The summed E-state index contributed by atoms with van der Waals surface area (Å²) in [5.41, 5.74) is 3.95. The van der Waals surface area contributed by atoms with Gasteiger partial charge in [0.05, 0.1) is 12.8 Å². The summed E-state index contributed by atoms with van der Waals surface area (Å²) in [5, 5.41) is 3.95. The minimum Gasteiger partial charge on any atom is -0.497 e. The molecule has 0 spiro atoms. The number of benzene rings is 2. The van der Waals surface area contributed by atoms with Crippen molar-refractivity contribution in [2.75, 3.05) is 7.11 Å². The highest BCUT2D eigenvalue weighted by molar-refractivity contribution is 7.13. The summed E-state index contributed by atoms with van der Waals surface area (Å²) in [5.74, 6) is 0.569. The van der Waals surface area contributed by atoms with Crippen LogP contribution in [-0.4, -0.2) is 23.0 Å². The van der Waals surface area contributed by atoms with Gasteiger partial charge < -0.3 is 14.5 Å². The monoisotopic (exact) mass is 392 g/mol. The number of carbonyl (C=O) groups excluding carboxylic acids is 1. The van der Waals surface area contributed by atoms with Crippen LogP contribution < -0.4 is 4.74 Å². The lowest BCUT2D eigenvalue weighted by Gasteiger charge is -2.03. The molecule has 0 unspecified atom stereocenters. The van der Waals surface area contributed by atoms with Gasteiger partial charge in [0.25, 0.3) is 0 Å². The van der Waals surface area contributed by atoms with Crippen molar-refractivity contribution in [3.8, 4) is 16.3 Å². The molecule has 0 fully saturated rings. The number of para-hydroxylation sites is 1. The Balaban J connectivity index is 1.32. The summed E-state index contributed by atoms with van der Waals surface area (Å²) in [6, 6.07) is 15.8. The van der Waals surface area contributed by atoms with Gasteiger partial charge in [-0.25, -0.2) is 4.98 Å². The van der Waals surface area contributed by atoms with Crippen LogP contribution in [0, 0.1) is 0 Å². The molecule has 0 atom stereocenters. The molecule has 5 nitrogen and oxygen atoms in total. The quantitative estimate of drug-likeness (QED) is 0.451. The number of hydrogen-bond donors (Lipinski definition) is 1. The van der Waals surface area contributed by atoms with Crippen molar-refractivity contribution in [3.63, 3.8) is 0 Å². The van der Waals surface area contributed by atoms with Crippen LogP contribution in [0.2, 0.25) is 0 Å². The number of thiazole rings is 1. The molecule has 0 aliphatic rings. The number of carbonyl (C=O) groups is 1. The predicted molar refractivity (Wildman–Crippen MR) is 111 cm³/mol. The third-order valence-electron chi connectivity index (χ3n) is 4.52. The first kappa shape index (κ1) is 18.3. The number of esters is 1. The third-order valence-corrected chi connectivity index (χ3v) is 5.46. The van der Waals surface area contributed by atoms with Crippen LogP contribution in [0.4, 0.5) is 0 Å². The molecule has 0 radical (unpaired) electrons. The van der Waals surface area contributed by atoms with E-state index in [1.807, 2.05) is 54.0 Å². The van der Waals surface area contributed by atoms with Gasteiger partial charge in [0.15, 0.2) is 0 Å². The van der Waals surface area contributed by atoms with Crippen LogP contribution in [0.15, 0.2) is 60.1 Å². The standard InChI is InChI=1S/C22H20N2O3S/c1-26-18-6-4-5-15(11-18)22-24-17(14-28-22)13-27-21(25)10-9-16-12-23-20-8-3-2-7-19(16)20/h2-8,11-12,14,23H,9-10,13H2,1H3. The number of hydrogen-bond acceptors (Lipinski definition) is 5. The van der Waals surface area contributed by atoms with Crippen LogP contribution in [0.3, 0.4) is 0 Å². The molecule has 0 amide bonds. The van der Waals surface area contributed by atoms with E-state index in [0.29, 0.717) is 12.8 Å². The summed E-state index contributed by atoms with van der Waals surface area (Å²) >= 11 is 1.52. The molecule has 2 aromatic heterocycles. The number of H-pyrrole nitrogens is 1. The van der Waals surface area contributed by atoms with Crippen molar-refractivity contribution in [1.29, 1.82) is 0 Å². The summed E-state index contributed by atoms with van der Waals surface area (Å²) in [7, 11) is 1.64. The largest absolute Gasteiger partial charge is 0.497 e. The van der Waals surface area contributed by atoms with Gasteiger partial charge in [-0.3, -0.25) is 4.79 Å².